The number of ether oxygens (including phenoxy) is 1. The Kier molecular flexibility index (Phi) is 4.37. The predicted octanol–water partition coefficient (Wildman–Crippen LogP) is 3.28. The minimum Gasteiger partial charge on any atom is -0.383 e. The number of fused-ring (bicyclic) bond motifs is 1. The fourth-order valence-electron chi connectivity index (χ4n) is 4.32. The second-order valence-corrected chi connectivity index (χ2v) is 7.92. The number of piperidine rings is 1. The van der Waals surface area contributed by atoms with Crippen LogP contribution in [0, 0.1) is 5.82 Å². The van der Waals surface area contributed by atoms with Gasteiger partial charge in [0.1, 0.15) is 17.3 Å². The van der Waals surface area contributed by atoms with Gasteiger partial charge in [0.15, 0.2) is 5.82 Å². The second kappa shape index (κ2) is 6.93. The molecule has 0 atom stereocenters. The van der Waals surface area contributed by atoms with Gasteiger partial charge in [0.25, 0.3) is 0 Å². The number of hydrogen-bond acceptors (Lipinski definition) is 5. The Bertz CT molecular complexity index is 1100. The average Bonchev–Trinajstić information content (AvgIpc) is 3.07. The molecule has 0 saturated carbocycles. The summed E-state index contributed by atoms with van der Waals surface area (Å²) in [6.45, 7) is 2.60. The van der Waals surface area contributed by atoms with E-state index in [0.29, 0.717) is 18.2 Å². The summed E-state index contributed by atoms with van der Waals surface area (Å²) in [7, 11) is 1.98. The third-order valence-corrected chi connectivity index (χ3v) is 6.12. The van der Waals surface area contributed by atoms with E-state index in [2.05, 4.69) is 16.4 Å². The smallest absolute Gasteiger partial charge is 0.163 e. The standard InChI is InChI=1S/C22H24FN5O/c1-28-18(15-6-7-22(29-13-15)8-10-25-11-9-22)12-17-19(24)26-20(27-21(17)28)14-2-4-16(23)5-3-14/h2-6,12,25H,7-11,13H2,1H3,(H2,24,26,27). The maximum absolute atomic E-state index is 13.2. The average molecular weight is 393 g/mol. The highest BCUT2D eigenvalue weighted by Crippen LogP contribution is 2.36. The van der Waals surface area contributed by atoms with Crippen molar-refractivity contribution in [1.82, 2.24) is 19.9 Å². The first-order valence-corrected chi connectivity index (χ1v) is 9.98. The maximum atomic E-state index is 13.2. The molecule has 0 radical (unpaired) electrons. The molecule has 3 aromatic rings. The number of benzene rings is 1. The molecule has 4 heterocycles. The van der Waals surface area contributed by atoms with Crippen LogP contribution < -0.4 is 11.1 Å². The molecule has 1 saturated heterocycles. The van der Waals surface area contributed by atoms with Crippen LogP contribution >= 0.6 is 0 Å². The number of anilines is 1. The Morgan fingerprint density at radius 3 is 2.62 bits per heavy atom. The first kappa shape index (κ1) is 18.3. The van der Waals surface area contributed by atoms with Crippen LogP contribution in [0.15, 0.2) is 36.4 Å². The van der Waals surface area contributed by atoms with Crippen molar-refractivity contribution in [3.63, 3.8) is 0 Å². The fourth-order valence-corrected chi connectivity index (χ4v) is 4.32. The molecule has 3 N–H and O–H groups in total. The lowest BCUT2D eigenvalue weighted by atomic mass is 9.86. The molecule has 150 valence electrons. The largest absolute Gasteiger partial charge is 0.383 e. The van der Waals surface area contributed by atoms with Crippen molar-refractivity contribution in [2.75, 3.05) is 25.4 Å². The zero-order valence-electron chi connectivity index (χ0n) is 16.4. The van der Waals surface area contributed by atoms with Crippen molar-refractivity contribution >= 4 is 22.4 Å². The highest BCUT2D eigenvalue weighted by atomic mass is 19.1. The Morgan fingerprint density at radius 1 is 1.17 bits per heavy atom. The second-order valence-electron chi connectivity index (χ2n) is 7.92. The van der Waals surface area contributed by atoms with E-state index < -0.39 is 0 Å². The van der Waals surface area contributed by atoms with E-state index in [-0.39, 0.29) is 11.4 Å². The van der Waals surface area contributed by atoms with Crippen LogP contribution in [0.3, 0.4) is 0 Å². The van der Waals surface area contributed by atoms with Gasteiger partial charge >= 0.3 is 0 Å². The summed E-state index contributed by atoms with van der Waals surface area (Å²) in [6, 6.07) is 8.16. The monoisotopic (exact) mass is 393 g/mol. The van der Waals surface area contributed by atoms with Gasteiger partial charge in [0, 0.05) is 18.3 Å². The van der Waals surface area contributed by atoms with Crippen molar-refractivity contribution in [2.24, 2.45) is 7.05 Å². The Morgan fingerprint density at radius 2 is 1.93 bits per heavy atom. The number of nitrogens with one attached hydrogen (secondary N) is 1. The van der Waals surface area contributed by atoms with Crippen LogP contribution in [-0.4, -0.2) is 39.8 Å². The van der Waals surface area contributed by atoms with Crippen LogP contribution in [0.5, 0.6) is 0 Å². The molecule has 0 unspecified atom stereocenters. The molecule has 2 aliphatic rings. The lowest BCUT2D eigenvalue weighted by Gasteiger charge is -2.40. The highest BCUT2D eigenvalue weighted by molar-refractivity contribution is 5.92. The van der Waals surface area contributed by atoms with Crippen LogP contribution in [0.4, 0.5) is 10.2 Å². The molecule has 0 amide bonds. The number of nitrogens with two attached hydrogens (primary N) is 1. The molecule has 1 fully saturated rings. The van der Waals surface area contributed by atoms with Crippen molar-refractivity contribution in [1.29, 1.82) is 0 Å². The minimum absolute atomic E-state index is 0.0199. The summed E-state index contributed by atoms with van der Waals surface area (Å²) in [4.78, 5) is 9.15. The molecule has 7 heteroatoms. The van der Waals surface area contributed by atoms with Crippen molar-refractivity contribution in [3.8, 4) is 11.4 Å². The zero-order valence-corrected chi connectivity index (χ0v) is 16.4. The molecule has 29 heavy (non-hydrogen) atoms. The van der Waals surface area contributed by atoms with E-state index >= 15 is 0 Å². The number of hydrogen-bond donors (Lipinski definition) is 2. The summed E-state index contributed by atoms with van der Waals surface area (Å²) in [5.74, 6) is 0.619. The molecule has 2 aromatic heterocycles. The normalized spacial score (nSPS) is 18.9. The molecule has 1 aromatic carbocycles. The summed E-state index contributed by atoms with van der Waals surface area (Å²) in [5, 5.41) is 4.22. The lowest BCUT2D eigenvalue weighted by Crippen LogP contribution is -2.45. The number of aryl methyl sites for hydroxylation is 1. The van der Waals surface area contributed by atoms with Crippen molar-refractivity contribution in [3.05, 3.63) is 47.9 Å². The first-order chi connectivity index (χ1) is 14.0. The van der Waals surface area contributed by atoms with Gasteiger partial charge in [-0.3, -0.25) is 0 Å². The van der Waals surface area contributed by atoms with Crippen LogP contribution in [-0.2, 0) is 11.8 Å². The predicted molar refractivity (Wildman–Crippen MR) is 112 cm³/mol. The zero-order chi connectivity index (χ0) is 20.0. The summed E-state index contributed by atoms with van der Waals surface area (Å²) in [5.41, 5.74) is 9.92. The van der Waals surface area contributed by atoms with Crippen LogP contribution in [0.1, 0.15) is 25.0 Å². The van der Waals surface area contributed by atoms with Gasteiger partial charge in [0.05, 0.1) is 17.6 Å². The molecule has 2 aliphatic heterocycles. The van der Waals surface area contributed by atoms with Gasteiger partial charge < -0.3 is 20.4 Å². The van der Waals surface area contributed by atoms with Gasteiger partial charge in [0.2, 0.25) is 0 Å². The van der Waals surface area contributed by atoms with Gasteiger partial charge in [-0.25, -0.2) is 14.4 Å². The van der Waals surface area contributed by atoms with Crippen LogP contribution in [0.2, 0.25) is 0 Å². The number of rotatable bonds is 2. The Hall–Kier alpha value is -2.77. The third kappa shape index (κ3) is 3.20. The minimum atomic E-state index is -0.292. The number of nitrogen functional groups attached to an aromatic ring is 1. The summed E-state index contributed by atoms with van der Waals surface area (Å²) in [6.07, 6.45) is 5.32. The van der Waals surface area contributed by atoms with Crippen molar-refractivity contribution < 1.29 is 9.13 Å². The molecule has 5 rings (SSSR count). The van der Waals surface area contributed by atoms with Gasteiger partial charge in [-0.05, 0) is 68.3 Å². The van der Waals surface area contributed by atoms with E-state index in [4.69, 9.17) is 15.5 Å². The highest BCUT2D eigenvalue weighted by Gasteiger charge is 2.35. The van der Waals surface area contributed by atoms with E-state index in [0.717, 1.165) is 60.2 Å². The summed E-state index contributed by atoms with van der Waals surface area (Å²) >= 11 is 0. The molecule has 0 bridgehead atoms. The SMILES string of the molecule is Cn1c(C2=CCC3(CCNCC3)OC2)cc2c(N)nc(-c3ccc(F)cc3)nc21. The maximum Gasteiger partial charge on any atom is 0.163 e. The van der Waals surface area contributed by atoms with Gasteiger partial charge in [-0.15, -0.1) is 0 Å². The van der Waals surface area contributed by atoms with Crippen molar-refractivity contribution in [2.45, 2.75) is 24.9 Å². The van der Waals surface area contributed by atoms with Gasteiger partial charge in [-0.1, -0.05) is 6.08 Å². The first-order valence-electron chi connectivity index (χ1n) is 9.98. The molecule has 6 nitrogen and oxygen atoms in total. The molecule has 0 aliphatic carbocycles. The Balaban J connectivity index is 1.52. The lowest BCUT2D eigenvalue weighted by molar-refractivity contribution is -0.0536. The fraction of sp³-hybridized carbons (Fsp3) is 0.364. The quantitative estimate of drug-likeness (QED) is 0.699. The topological polar surface area (TPSA) is 78.0 Å². The third-order valence-electron chi connectivity index (χ3n) is 6.12. The summed E-state index contributed by atoms with van der Waals surface area (Å²) < 4.78 is 21.6. The number of halogens is 1. The van der Waals surface area contributed by atoms with E-state index in [1.54, 1.807) is 12.1 Å². The van der Waals surface area contributed by atoms with E-state index in [1.165, 1.54) is 12.1 Å². The number of nitrogens with zero attached hydrogens (tertiary/aromatic N) is 3. The Labute approximate surface area is 168 Å². The molecule has 1 spiro atoms. The number of aromatic nitrogens is 3. The molecular weight excluding hydrogens is 369 g/mol. The van der Waals surface area contributed by atoms with Crippen LogP contribution in [0.25, 0.3) is 28.0 Å². The molecular formula is C22H24FN5O. The van der Waals surface area contributed by atoms with Gasteiger partial charge in [-0.2, -0.15) is 0 Å². The van der Waals surface area contributed by atoms with E-state index in [9.17, 15) is 4.39 Å². The van der Waals surface area contributed by atoms with E-state index in [1.807, 2.05) is 17.7 Å².